The van der Waals surface area contributed by atoms with E-state index in [2.05, 4.69) is 41.5 Å². The van der Waals surface area contributed by atoms with E-state index in [1.54, 1.807) is 0 Å². The minimum absolute atomic E-state index is 0.0129. The molecule has 38 heavy (non-hydrogen) atoms. The van der Waals surface area contributed by atoms with Crippen molar-refractivity contribution in [3.05, 3.63) is 0 Å². The van der Waals surface area contributed by atoms with Crippen LogP contribution in [0.25, 0.3) is 0 Å². The summed E-state index contributed by atoms with van der Waals surface area (Å²) in [4.78, 5) is 24.2. The van der Waals surface area contributed by atoms with E-state index in [0.29, 0.717) is 37.4 Å². The molecule has 0 aromatic heterocycles. The molecule has 0 fully saturated rings. The van der Waals surface area contributed by atoms with Crippen molar-refractivity contribution < 1.29 is 19.1 Å². The zero-order valence-electron chi connectivity index (χ0n) is 26.5. The van der Waals surface area contributed by atoms with Crippen molar-refractivity contribution >= 4 is 11.9 Å². The molecule has 0 amide bonds. The first-order valence-corrected chi connectivity index (χ1v) is 16.6. The fraction of sp³-hybridized carbons (Fsp3) is 0.941. The van der Waals surface area contributed by atoms with Crippen LogP contribution in [0.1, 0.15) is 170 Å². The van der Waals surface area contributed by atoms with Crippen molar-refractivity contribution in [1.29, 1.82) is 0 Å². The molecule has 0 saturated carbocycles. The Hall–Kier alpha value is -1.06. The summed E-state index contributed by atoms with van der Waals surface area (Å²) in [5.74, 6) is 1.79. The first-order chi connectivity index (χ1) is 18.2. The van der Waals surface area contributed by atoms with Crippen LogP contribution < -0.4 is 0 Å². The second-order valence-corrected chi connectivity index (χ2v) is 12.8. The van der Waals surface area contributed by atoms with Gasteiger partial charge in [-0.15, -0.1) is 0 Å². The number of hydrogen-bond donors (Lipinski definition) is 0. The van der Waals surface area contributed by atoms with Crippen molar-refractivity contribution in [3.8, 4) is 0 Å². The van der Waals surface area contributed by atoms with Gasteiger partial charge in [0.15, 0.2) is 0 Å². The van der Waals surface area contributed by atoms with Gasteiger partial charge in [-0.05, 0) is 56.3 Å². The molecular formula is C34H66O4. The van der Waals surface area contributed by atoms with Crippen LogP contribution in [0.15, 0.2) is 0 Å². The molecular weight excluding hydrogens is 472 g/mol. The lowest BCUT2D eigenvalue weighted by atomic mass is 9.90. The van der Waals surface area contributed by atoms with Gasteiger partial charge >= 0.3 is 11.9 Å². The quantitative estimate of drug-likeness (QED) is 0.0771. The molecule has 0 heterocycles. The zero-order chi connectivity index (χ0) is 28.4. The highest BCUT2D eigenvalue weighted by atomic mass is 16.5. The van der Waals surface area contributed by atoms with Gasteiger partial charge in [0, 0.05) is 6.42 Å². The third-order valence-corrected chi connectivity index (χ3v) is 7.61. The van der Waals surface area contributed by atoms with Crippen LogP contribution in [0.4, 0.5) is 0 Å². The number of rotatable bonds is 27. The number of hydrogen-bond acceptors (Lipinski definition) is 4. The molecule has 0 aliphatic carbocycles. The number of carbonyl (C=O) groups excluding carboxylic acids is 2. The first-order valence-electron chi connectivity index (χ1n) is 16.6. The van der Waals surface area contributed by atoms with Gasteiger partial charge in [0.25, 0.3) is 0 Å². The molecule has 0 bridgehead atoms. The largest absolute Gasteiger partial charge is 0.466 e. The summed E-state index contributed by atoms with van der Waals surface area (Å²) in [5, 5.41) is 0. The van der Waals surface area contributed by atoms with E-state index in [4.69, 9.17) is 9.47 Å². The van der Waals surface area contributed by atoms with E-state index < -0.39 is 0 Å². The van der Waals surface area contributed by atoms with Gasteiger partial charge in [-0.3, -0.25) is 9.59 Å². The predicted molar refractivity (Wildman–Crippen MR) is 162 cm³/mol. The van der Waals surface area contributed by atoms with Gasteiger partial charge < -0.3 is 9.47 Å². The summed E-state index contributed by atoms with van der Waals surface area (Å²) in [5.41, 5.74) is 0. The summed E-state index contributed by atoms with van der Waals surface area (Å²) < 4.78 is 10.9. The van der Waals surface area contributed by atoms with E-state index in [0.717, 1.165) is 51.4 Å². The van der Waals surface area contributed by atoms with E-state index in [-0.39, 0.29) is 17.9 Å². The molecule has 0 aliphatic rings. The lowest BCUT2D eigenvalue weighted by Crippen LogP contribution is -2.23. The predicted octanol–water partition coefficient (Wildman–Crippen LogP) is 10.5. The molecule has 0 rings (SSSR count). The normalized spacial score (nSPS) is 12.4. The topological polar surface area (TPSA) is 52.6 Å². The summed E-state index contributed by atoms with van der Waals surface area (Å²) in [7, 11) is 0. The van der Waals surface area contributed by atoms with E-state index in [1.165, 1.54) is 70.6 Å². The highest BCUT2D eigenvalue weighted by molar-refractivity contribution is 5.72. The van der Waals surface area contributed by atoms with Crippen molar-refractivity contribution in [2.45, 2.75) is 170 Å². The van der Waals surface area contributed by atoms with E-state index >= 15 is 0 Å². The van der Waals surface area contributed by atoms with Crippen molar-refractivity contribution in [3.63, 3.8) is 0 Å². The van der Waals surface area contributed by atoms with Gasteiger partial charge in [0.1, 0.15) is 0 Å². The number of esters is 2. The van der Waals surface area contributed by atoms with Gasteiger partial charge in [-0.1, -0.05) is 125 Å². The third-order valence-electron chi connectivity index (χ3n) is 7.61. The van der Waals surface area contributed by atoms with Crippen LogP contribution >= 0.6 is 0 Å². The van der Waals surface area contributed by atoms with Gasteiger partial charge in [0.05, 0.1) is 19.1 Å². The average molecular weight is 539 g/mol. The Kier molecular flexibility index (Phi) is 25.4. The van der Waals surface area contributed by atoms with Crippen molar-refractivity contribution in [2.24, 2.45) is 23.7 Å². The maximum Gasteiger partial charge on any atom is 0.309 e. The van der Waals surface area contributed by atoms with Crippen LogP contribution in [-0.4, -0.2) is 25.2 Å². The Labute approximate surface area is 237 Å². The second kappa shape index (κ2) is 26.2. The van der Waals surface area contributed by atoms with Gasteiger partial charge in [0.2, 0.25) is 0 Å². The Bertz CT molecular complexity index is 541. The Balaban J connectivity index is 3.47. The molecule has 1 unspecified atom stereocenters. The smallest absolute Gasteiger partial charge is 0.309 e. The SMILES string of the molecule is CC(C)CCCOC(=O)CCCCCCCCCCCCCCCCC(C(=O)OCCCC(C)C)C(C)C. The molecule has 4 nitrogen and oxygen atoms in total. The maximum absolute atomic E-state index is 12.4. The molecule has 0 aromatic rings. The highest BCUT2D eigenvalue weighted by Crippen LogP contribution is 2.22. The molecule has 0 aliphatic heterocycles. The Morgan fingerprint density at radius 1 is 0.474 bits per heavy atom. The molecule has 0 spiro atoms. The average Bonchev–Trinajstić information content (AvgIpc) is 2.85. The van der Waals surface area contributed by atoms with E-state index in [9.17, 15) is 9.59 Å². The molecule has 0 N–H and O–H groups in total. The minimum Gasteiger partial charge on any atom is -0.466 e. The number of carbonyl (C=O) groups is 2. The molecule has 4 heteroatoms. The fourth-order valence-corrected chi connectivity index (χ4v) is 5.00. The van der Waals surface area contributed by atoms with Gasteiger partial charge in [-0.25, -0.2) is 0 Å². The second-order valence-electron chi connectivity index (χ2n) is 12.8. The van der Waals surface area contributed by atoms with Crippen LogP contribution in [0.2, 0.25) is 0 Å². The summed E-state index contributed by atoms with van der Waals surface area (Å²) in [6.07, 6.45) is 23.6. The van der Waals surface area contributed by atoms with Gasteiger partial charge in [-0.2, -0.15) is 0 Å². The van der Waals surface area contributed by atoms with Crippen molar-refractivity contribution in [2.75, 3.05) is 13.2 Å². The molecule has 0 radical (unpaired) electrons. The summed E-state index contributed by atoms with van der Waals surface area (Å²) in [6, 6.07) is 0. The van der Waals surface area contributed by atoms with Crippen LogP contribution in [-0.2, 0) is 19.1 Å². The summed E-state index contributed by atoms with van der Waals surface area (Å²) in [6.45, 7) is 14.3. The van der Waals surface area contributed by atoms with Crippen LogP contribution in [0.3, 0.4) is 0 Å². The fourth-order valence-electron chi connectivity index (χ4n) is 5.00. The first kappa shape index (κ1) is 36.9. The number of unbranched alkanes of at least 4 members (excludes halogenated alkanes) is 13. The maximum atomic E-state index is 12.4. The van der Waals surface area contributed by atoms with Crippen LogP contribution in [0.5, 0.6) is 0 Å². The zero-order valence-corrected chi connectivity index (χ0v) is 26.5. The number of ether oxygens (including phenoxy) is 2. The van der Waals surface area contributed by atoms with E-state index in [1.807, 2.05) is 0 Å². The lowest BCUT2D eigenvalue weighted by Gasteiger charge is -2.19. The highest BCUT2D eigenvalue weighted by Gasteiger charge is 2.23. The monoisotopic (exact) mass is 538 g/mol. The Morgan fingerprint density at radius 3 is 1.29 bits per heavy atom. The molecule has 0 saturated heterocycles. The Morgan fingerprint density at radius 2 is 0.868 bits per heavy atom. The standard InChI is InChI=1S/C34H66O4/c1-29(2)23-21-27-37-33(35)26-20-18-16-14-12-10-8-7-9-11-13-15-17-19-25-32(31(5)6)34(36)38-28-22-24-30(3)4/h29-32H,7-28H2,1-6H3. The summed E-state index contributed by atoms with van der Waals surface area (Å²) >= 11 is 0. The molecule has 226 valence electrons. The third kappa shape index (κ3) is 25.2. The molecule has 1 atom stereocenters. The molecule has 0 aromatic carbocycles. The minimum atomic E-state index is -0.0129. The lowest BCUT2D eigenvalue weighted by molar-refractivity contribution is -0.150. The van der Waals surface area contributed by atoms with Crippen molar-refractivity contribution in [1.82, 2.24) is 0 Å². The van der Waals surface area contributed by atoms with Crippen LogP contribution in [0, 0.1) is 23.7 Å².